The van der Waals surface area contributed by atoms with Crippen LogP contribution in [0, 0.1) is 0 Å². The molecule has 2 heterocycles. The van der Waals surface area contributed by atoms with Crippen molar-refractivity contribution in [2.45, 2.75) is 38.8 Å². The van der Waals surface area contributed by atoms with E-state index in [1.54, 1.807) is 0 Å². The number of hydrogen-bond donors (Lipinski definition) is 0. The Bertz CT molecular complexity index is 585. The fraction of sp³-hybridized carbons (Fsp3) is 0.421. The number of nitrogens with zero attached hydrogens (tertiary/aromatic N) is 2. The van der Waals surface area contributed by atoms with Gasteiger partial charge in [-0.1, -0.05) is 43.3 Å². The van der Waals surface area contributed by atoms with Crippen molar-refractivity contribution in [2.75, 3.05) is 13.1 Å². The molecule has 0 bridgehead atoms. The minimum absolute atomic E-state index is 0.458. The topological polar surface area (TPSA) is 25.4 Å². The summed E-state index contributed by atoms with van der Waals surface area (Å²) in [6, 6.07) is 14.9. The molecule has 1 aliphatic rings. The predicted molar refractivity (Wildman–Crippen MR) is 88.9 cm³/mol. The summed E-state index contributed by atoms with van der Waals surface area (Å²) >= 11 is 0. The molecule has 0 aliphatic carbocycles. The van der Waals surface area contributed by atoms with Crippen LogP contribution in [0.5, 0.6) is 5.88 Å². The summed E-state index contributed by atoms with van der Waals surface area (Å²) in [5.41, 5.74) is 2.42. The molecule has 3 nitrogen and oxygen atoms in total. The average molecular weight is 296 g/mol. The monoisotopic (exact) mass is 296 g/mol. The second-order valence-electron chi connectivity index (χ2n) is 5.87. The summed E-state index contributed by atoms with van der Waals surface area (Å²) in [7, 11) is 0. The highest BCUT2D eigenvalue weighted by Crippen LogP contribution is 2.36. The summed E-state index contributed by atoms with van der Waals surface area (Å²) in [6.07, 6.45) is 5.48. The first-order chi connectivity index (χ1) is 10.9. The lowest BCUT2D eigenvalue weighted by Crippen LogP contribution is -2.24. The summed E-state index contributed by atoms with van der Waals surface area (Å²) in [5, 5.41) is 0. The number of aromatic nitrogens is 1. The second-order valence-corrected chi connectivity index (χ2v) is 5.87. The molecule has 0 amide bonds. The van der Waals surface area contributed by atoms with Crippen LogP contribution in [-0.2, 0) is 6.61 Å². The Morgan fingerprint density at radius 1 is 1.18 bits per heavy atom. The van der Waals surface area contributed by atoms with Crippen LogP contribution in [0.2, 0.25) is 0 Å². The van der Waals surface area contributed by atoms with Crippen molar-refractivity contribution < 1.29 is 4.74 Å². The van der Waals surface area contributed by atoms with E-state index in [0.717, 1.165) is 12.4 Å². The zero-order chi connectivity index (χ0) is 15.2. The number of pyridine rings is 1. The normalized spacial score (nSPS) is 18.5. The molecule has 2 aromatic rings. The number of likely N-dealkylation sites (tertiary alicyclic amines) is 1. The van der Waals surface area contributed by atoms with Gasteiger partial charge in [0.15, 0.2) is 0 Å². The molecule has 0 unspecified atom stereocenters. The van der Waals surface area contributed by atoms with Crippen LogP contribution >= 0.6 is 0 Å². The van der Waals surface area contributed by atoms with E-state index in [1.165, 1.54) is 36.9 Å². The largest absolute Gasteiger partial charge is 0.473 e. The Morgan fingerprint density at radius 2 is 2.05 bits per heavy atom. The van der Waals surface area contributed by atoms with E-state index in [1.807, 2.05) is 30.5 Å². The van der Waals surface area contributed by atoms with Gasteiger partial charge in [0, 0.05) is 17.8 Å². The van der Waals surface area contributed by atoms with Gasteiger partial charge in [0.05, 0.1) is 0 Å². The first-order valence-corrected chi connectivity index (χ1v) is 8.24. The van der Waals surface area contributed by atoms with Crippen LogP contribution in [0.25, 0.3) is 0 Å². The van der Waals surface area contributed by atoms with Gasteiger partial charge in [-0.15, -0.1) is 0 Å². The van der Waals surface area contributed by atoms with Crippen LogP contribution in [0.15, 0.2) is 48.7 Å². The van der Waals surface area contributed by atoms with E-state index in [2.05, 4.69) is 35.0 Å². The average Bonchev–Trinajstić information content (AvgIpc) is 3.03. The van der Waals surface area contributed by atoms with Gasteiger partial charge in [-0.3, -0.25) is 4.90 Å². The van der Waals surface area contributed by atoms with Gasteiger partial charge >= 0.3 is 0 Å². The van der Waals surface area contributed by atoms with E-state index >= 15 is 0 Å². The minimum Gasteiger partial charge on any atom is -0.473 e. The highest BCUT2D eigenvalue weighted by atomic mass is 16.5. The third-order valence-corrected chi connectivity index (χ3v) is 4.25. The van der Waals surface area contributed by atoms with Gasteiger partial charge in [0.1, 0.15) is 6.61 Å². The third kappa shape index (κ3) is 3.47. The van der Waals surface area contributed by atoms with Crippen LogP contribution in [-0.4, -0.2) is 23.0 Å². The van der Waals surface area contributed by atoms with Crippen molar-refractivity contribution in [1.29, 1.82) is 0 Å². The maximum absolute atomic E-state index is 6.02. The molecule has 0 N–H and O–H groups in total. The summed E-state index contributed by atoms with van der Waals surface area (Å²) in [4.78, 5) is 7.05. The maximum atomic E-state index is 6.02. The van der Waals surface area contributed by atoms with Crippen molar-refractivity contribution in [2.24, 2.45) is 0 Å². The Kier molecular flexibility index (Phi) is 5.07. The quantitative estimate of drug-likeness (QED) is 0.798. The molecule has 3 rings (SSSR count). The van der Waals surface area contributed by atoms with E-state index in [4.69, 9.17) is 4.74 Å². The molecule has 0 radical (unpaired) electrons. The van der Waals surface area contributed by atoms with Crippen LogP contribution < -0.4 is 4.74 Å². The van der Waals surface area contributed by atoms with Gasteiger partial charge in [0.25, 0.3) is 0 Å². The summed E-state index contributed by atoms with van der Waals surface area (Å²) in [6.45, 7) is 5.15. The zero-order valence-electron chi connectivity index (χ0n) is 13.2. The van der Waals surface area contributed by atoms with Crippen LogP contribution in [0.1, 0.15) is 43.4 Å². The lowest BCUT2D eigenvalue weighted by atomic mass is 10.1. The molecular weight excluding hydrogens is 272 g/mol. The van der Waals surface area contributed by atoms with Crippen molar-refractivity contribution >= 4 is 0 Å². The van der Waals surface area contributed by atoms with Gasteiger partial charge < -0.3 is 4.74 Å². The molecule has 22 heavy (non-hydrogen) atoms. The Hall–Kier alpha value is -1.87. The molecule has 0 saturated carbocycles. The number of rotatable bonds is 6. The van der Waals surface area contributed by atoms with Crippen LogP contribution in [0.4, 0.5) is 0 Å². The van der Waals surface area contributed by atoms with Gasteiger partial charge in [-0.25, -0.2) is 4.98 Å². The molecule has 1 saturated heterocycles. The standard InChI is InChI=1S/C19H24N2O/c1-2-13-21-14-7-11-18(21)17-10-6-12-20-19(17)22-15-16-8-4-3-5-9-16/h3-6,8-10,12,18H,2,7,11,13-15H2,1H3/t18-/m1/s1. The maximum Gasteiger partial charge on any atom is 0.218 e. The number of benzene rings is 1. The molecule has 1 aromatic carbocycles. The molecule has 116 valence electrons. The SMILES string of the molecule is CCCN1CCC[C@@H]1c1cccnc1OCc1ccccc1. The molecule has 1 atom stereocenters. The molecule has 3 heteroatoms. The van der Waals surface area contributed by atoms with Gasteiger partial charge in [-0.05, 0) is 44.0 Å². The van der Waals surface area contributed by atoms with Crippen molar-refractivity contribution in [1.82, 2.24) is 9.88 Å². The molecule has 1 fully saturated rings. The van der Waals surface area contributed by atoms with Crippen LogP contribution in [0.3, 0.4) is 0 Å². The van der Waals surface area contributed by atoms with Gasteiger partial charge in [-0.2, -0.15) is 0 Å². The highest BCUT2D eigenvalue weighted by molar-refractivity contribution is 5.30. The van der Waals surface area contributed by atoms with Crippen molar-refractivity contribution in [3.63, 3.8) is 0 Å². The van der Waals surface area contributed by atoms with E-state index in [9.17, 15) is 0 Å². The first kappa shape index (κ1) is 15.0. The van der Waals surface area contributed by atoms with Crippen molar-refractivity contribution in [3.8, 4) is 5.88 Å². The molecule has 1 aliphatic heterocycles. The van der Waals surface area contributed by atoms with E-state index < -0.39 is 0 Å². The summed E-state index contributed by atoms with van der Waals surface area (Å²) in [5.74, 6) is 0.791. The summed E-state index contributed by atoms with van der Waals surface area (Å²) < 4.78 is 6.02. The third-order valence-electron chi connectivity index (χ3n) is 4.25. The second kappa shape index (κ2) is 7.41. The molecule has 0 spiro atoms. The fourth-order valence-electron chi connectivity index (χ4n) is 3.24. The smallest absolute Gasteiger partial charge is 0.218 e. The number of hydrogen-bond acceptors (Lipinski definition) is 3. The molecular formula is C19H24N2O. The first-order valence-electron chi connectivity index (χ1n) is 8.24. The van der Waals surface area contributed by atoms with E-state index in [-0.39, 0.29) is 0 Å². The predicted octanol–water partition coefficient (Wildman–Crippen LogP) is 4.21. The Balaban J connectivity index is 1.75. The Labute approximate surface area is 132 Å². The highest BCUT2D eigenvalue weighted by Gasteiger charge is 2.28. The lowest BCUT2D eigenvalue weighted by molar-refractivity contribution is 0.239. The zero-order valence-corrected chi connectivity index (χ0v) is 13.2. The van der Waals surface area contributed by atoms with E-state index in [0.29, 0.717) is 12.6 Å². The lowest BCUT2D eigenvalue weighted by Gasteiger charge is -2.25. The number of ether oxygens (including phenoxy) is 1. The Morgan fingerprint density at radius 3 is 2.86 bits per heavy atom. The van der Waals surface area contributed by atoms with Gasteiger partial charge in [0.2, 0.25) is 5.88 Å². The fourth-order valence-corrected chi connectivity index (χ4v) is 3.24. The minimum atomic E-state index is 0.458. The molecule has 1 aromatic heterocycles. The van der Waals surface area contributed by atoms with Crippen molar-refractivity contribution in [3.05, 3.63) is 59.8 Å².